The zero-order valence-electron chi connectivity index (χ0n) is 7.42. The number of rotatable bonds is 2. The highest BCUT2D eigenvalue weighted by Gasteiger charge is 2.17. The molecule has 0 spiro atoms. The molecule has 0 radical (unpaired) electrons. The first kappa shape index (κ1) is 7.77. The van der Waals surface area contributed by atoms with Gasteiger partial charge in [0.15, 0.2) is 0 Å². The average molecular weight is 166 g/mol. The van der Waals surface area contributed by atoms with E-state index in [0.29, 0.717) is 5.89 Å². The van der Waals surface area contributed by atoms with E-state index in [9.17, 15) is 0 Å². The third-order valence-corrected chi connectivity index (χ3v) is 2.51. The Kier molecular flexibility index (Phi) is 2.11. The minimum Gasteiger partial charge on any atom is -0.426 e. The predicted octanol–water partition coefficient (Wildman–Crippen LogP) is 2.11. The van der Waals surface area contributed by atoms with E-state index >= 15 is 0 Å². The molecule has 1 saturated carbocycles. The Hall–Kier alpha value is -0.860. The topological polar surface area (TPSA) is 38.9 Å². The molecule has 1 aromatic heterocycles. The van der Waals surface area contributed by atoms with Crippen molar-refractivity contribution in [3.63, 3.8) is 0 Å². The molecule has 1 aromatic rings. The van der Waals surface area contributed by atoms with Crippen molar-refractivity contribution in [2.75, 3.05) is 0 Å². The highest BCUT2D eigenvalue weighted by molar-refractivity contribution is 4.83. The van der Waals surface area contributed by atoms with Gasteiger partial charge in [-0.25, -0.2) is 0 Å². The summed E-state index contributed by atoms with van der Waals surface area (Å²) in [5.74, 6) is 2.30. The van der Waals surface area contributed by atoms with E-state index < -0.39 is 0 Å². The Morgan fingerprint density at radius 2 is 2.08 bits per heavy atom. The van der Waals surface area contributed by atoms with Gasteiger partial charge in [-0.1, -0.05) is 12.8 Å². The van der Waals surface area contributed by atoms with Crippen LogP contribution in [0.3, 0.4) is 0 Å². The third kappa shape index (κ3) is 1.65. The Morgan fingerprint density at radius 1 is 1.33 bits per heavy atom. The molecule has 0 amide bonds. The Bertz CT molecular complexity index is 251. The predicted molar refractivity (Wildman–Crippen MR) is 44.7 cm³/mol. The van der Waals surface area contributed by atoms with Gasteiger partial charge in [0.05, 0.1) is 0 Å². The van der Waals surface area contributed by atoms with Crippen LogP contribution in [0.1, 0.15) is 37.5 Å². The number of aromatic nitrogens is 2. The summed E-state index contributed by atoms with van der Waals surface area (Å²) in [4.78, 5) is 0. The van der Waals surface area contributed by atoms with Crippen LogP contribution < -0.4 is 0 Å². The molecule has 0 aromatic carbocycles. The van der Waals surface area contributed by atoms with Gasteiger partial charge in [-0.05, 0) is 18.8 Å². The second-order valence-electron chi connectivity index (χ2n) is 3.57. The lowest BCUT2D eigenvalue weighted by molar-refractivity contribution is 0.417. The van der Waals surface area contributed by atoms with Crippen LogP contribution in [0, 0.1) is 12.8 Å². The Balaban J connectivity index is 1.94. The van der Waals surface area contributed by atoms with Gasteiger partial charge in [0.25, 0.3) is 0 Å². The first-order valence-electron chi connectivity index (χ1n) is 4.63. The molecule has 1 aliphatic rings. The number of hydrogen-bond acceptors (Lipinski definition) is 3. The van der Waals surface area contributed by atoms with E-state index in [1.165, 1.54) is 25.7 Å². The van der Waals surface area contributed by atoms with E-state index in [1.807, 2.05) is 6.92 Å². The highest BCUT2D eigenvalue weighted by Crippen LogP contribution is 2.27. The van der Waals surface area contributed by atoms with Gasteiger partial charge in [0.2, 0.25) is 11.8 Å². The lowest BCUT2D eigenvalue weighted by atomic mass is 10.0. The molecule has 0 N–H and O–H groups in total. The maximum Gasteiger partial charge on any atom is 0.216 e. The van der Waals surface area contributed by atoms with Crippen molar-refractivity contribution >= 4 is 0 Å². The van der Waals surface area contributed by atoms with E-state index in [2.05, 4.69) is 10.2 Å². The number of nitrogens with zero attached hydrogens (tertiary/aromatic N) is 2. The molecule has 0 atom stereocenters. The van der Waals surface area contributed by atoms with E-state index in [1.54, 1.807) is 0 Å². The average Bonchev–Trinajstić information content (AvgIpc) is 2.63. The highest BCUT2D eigenvalue weighted by atomic mass is 16.4. The molecule has 3 nitrogen and oxygen atoms in total. The van der Waals surface area contributed by atoms with Crippen LogP contribution in [0.2, 0.25) is 0 Å². The summed E-state index contributed by atoms with van der Waals surface area (Å²) < 4.78 is 5.32. The molecule has 12 heavy (non-hydrogen) atoms. The smallest absolute Gasteiger partial charge is 0.216 e. The first-order valence-corrected chi connectivity index (χ1v) is 4.63. The van der Waals surface area contributed by atoms with Crippen LogP contribution in [0.5, 0.6) is 0 Å². The van der Waals surface area contributed by atoms with Crippen LogP contribution >= 0.6 is 0 Å². The van der Waals surface area contributed by atoms with Crippen LogP contribution in [-0.4, -0.2) is 10.2 Å². The fourth-order valence-corrected chi connectivity index (χ4v) is 1.88. The molecule has 66 valence electrons. The molecule has 1 heterocycles. The van der Waals surface area contributed by atoms with Crippen molar-refractivity contribution in [2.45, 2.75) is 39.0 Å². The van der Waals surface area contributed by atoms with Crippen molar-refractivity contribution in [3.8, 4) is 0 Å². The van der Waals surface area contributed by atoms with Gasteiger partial charge < -0.3 is 4.42 Å². The van der Waals surface area contributed by atoms with Crippen molar-refractivity contribution < 1.29 is 4.42 Å². The van der Waals surface area contributed by atoms with Crippen LogP contribution in [0.25, 0.3) is 0 Å². The standard InChI is InChI=1S/C9H14N2O/c1-7-10-11-9(12-7)6-8-4-2-3-5-8/h8H,2-6H2,1H3. The molecule has 1 aliphatic carbocycles. The van der Waals surface area contributed by atoms with Gasteiger partial charge in [0.1, 0.15) is 0 Å². The van der Waals surface area contributed by atoms with Crippen molar-refractivity contribution in [1.29, 1.82) is 0 Å². The fraction of sp³-hybridized carbons (Fsp3) is 0.778. The van der Waals surface area contributed by atoms with Gasteiger partial charge in [-0.15, -0.1) is 10.2 Å². The molecular formula is C9H14N2O. The third-order valence-electron chi connectivity index (χ3n) is 2.51. The summed E-state index contributed by atoms with van der Waals surface area (Å²) in [6.07, 6.45) is 6.40. The molecule has 3 heteroatoms. The SMILES string of the molecule is Cc1nnc(CC2CCCC2)o1. The van der Waals surface area contributed by atoms with Crippen LogP contribution in [0.4, 0.5) is 0 Å². The van der Waals surface area contributed by atoms with Crippen LogP contribution in [0.15, 0.2) is 4.42 Å². The second-order valence-corrected chi connectivity index (χ2v) is 3.57. The lowest BCUT2D eigenvalue weighted by Crippen LogP contribution is -1.98. The Labute approximate surface area is 72.2 Å². The summed E-state index contributed by atoms with van der Waals surface area (Å²) >= 11 is 0. The summed E-state index contributed by atoms with van der Waals surface area (Å²) in [5, 5.41) is 7.80. The quantitative estimate of drug-likeness (QED) is 0.675. The Morgan fingerprint density at radius 3 is 2.67 bits per heavy atom. The molecule has 0 bridgehead atoms. The molecule has 0 unspecified atom stereocenters. The summed E-state index contributed by atoms with van der Waals surface area (Å²) in [5.41, 5.74) is 0. The van der Waals surface area contributed by atoms with Crippen molar-refractivity contribution in [2.24, 2.45) is 5.92 Å². The minimum absolute atomic E-state index is 0.683. The molecular weight excluding hydrogens is 152 g/mol. The summed E-state index contributed by atoms with van der Waals surface area (Å²) in [6, 6.07) is 0. The largest absolute Gasteiger partial charge is 0.426 e. The van der Waals surface area contributed by atoms with Gasteiger partial charge >= 0.3 is 0 Å². The second kappa shape index (κ2) is 3.25. The molecule has 1 fully saturated rings. The molecule has 0 aliphatic heterocycles. The van der Waals surface area contributed by atoms with Gasteiger partial charge in [-0.2, -0.15) is 0 Å². The van der Waals surface area contributed by atoms with Gasteiger partial charge in [-0.3, -0.25) is 0 Å². The van der Waals surface area contributed by atoms with Crippen LogP contribution in [-0.2, 0) is 6.42 Å². The summed E-state index contributed by atoms with van der Waals surface area (Å²) in [6.45, 7) is 1.84. The van der Waals surface area contributed by atoms with Crippen molar-refractivity contribution in [3.05, 3.63) is 11.8 Å². The maximum absolute atomic E-state index is 5.32. The number of aryl methyl sites for hydroxylation is 1. The van der Waals surface area contributed by atoms with E-state index in [4.69, 9.17) is 4.42 Å². The minimum atomic E-state index is 0.683. The molecule has 0 saturated heterocycles. The zero-order valence-corrected chi connectivity index (χ0v) is 7.42. The van der Waals surface area contributed by atoms with E-state index in [-0.39, 0.29) is 0 Å². The molecule has 2 rings (SSSR count). The van der Waals surface area contributed by atoms with E-state index in [0.717, 1.165) is 18.2 Å². The first-order chi connectivity index (χ1) is 5.84. The summed E-state index contributed by atoms with van der Waals surface area (Å²) in [7, 11) is 0. The van der Waals surface area contributed by atoms with Crippen molar-refractivity contribution in [1.82, 2.24) is 10.2 Å². The monoisotopic (exact) mass is 166 g/mol. The zero-order chi connectivity index (χ0) is 8.39. The van der Waals surface area contributed by atoms with Gasteiger partial charge in [0, 0.05) is 13.3 Å². The fourth-order valence-electron chi connectivity index (χ4n) is 1.88. The normalized spacial score (nSPS) is 18.8. The number of hydrogen-bond donors (Lipinski definition) is 0. The maximum atomic E-state index is 5.32. The lowest BCUT2D eigenvalue weighted by Gasteiger charge is -2.02.